The van der Waals surface area contributed by atoms with Gasteiger partial charge < -0.3 is 5.32 Å². The molecule has 0 spiro atoms. The molecule has 1 fully saturated rings. The average Bonchev–Trinajstić information content (AvgIpc) is 2.89. The number of nitrogens with zero attached hydrogens (tertiary/aromatic N) is 3. The van der Waals surface area contributed by atoms with Crippen LogP contribution in [0, 0.1) is 11.4 Å². The molecular formula is C28H24FN5O. The largest absolute Gasteiger partial charge is 0.346 e. The second kappa shape index (κ2) is 8.76. The minimum absolute atomic E-state index is 0.000534. The monoisotopic (exact) mass is 465 g/mol. The molecule has 2 N–H and O–H groups in total. The van der Waals surface area contributed by atoms with E-state index in [1.807, 2.05) is 61.5 Å². The summed E-state index contributed by atoms with van der Waals surface area (Å²) in [6, 6.07) is 24.8. The van der Waals surface area contributed by atoms with Crippen molar-refractivity contribution in [1.29, 1.82) is 5.41 Å². The van der Waals surface area contributed by atoms with E-state index < -0.39 is 17.4 Å². The molecule has 35 heavy (non-hydrogen) atoms. The quantitative estimate of drug-likeness (QED) is 0.418. The van der Waals surface area contributed by atoms with Crippen LogP contribution in [0.25, 0.3) is 22.4 Å². The fraction of sp³-hybridized carbons (Fsp3) is 0.143. The first-order valence-corrected chi connectivity index (χ1v) is 11.3. The van der Waals surface area contributed by atoms with Gasteiger partial charge in [-0.2, -0.15) is 4.39 Å². The lowest BCUT2D eigenvalue weighted by Gasteiger charge is -2.46. The Hall–Kier alpha value is -4.39. The van der Waals surface area contributed by atoms with Crippen LogP contribution in [0.5, 0.6) is 0 Å². The topological polar surface area (TPSA) is 82.0 Å². The third-order valence-corrected chi connectivity index (χ3v) is 6.61. The Morgan fingerprint density at radius 1 is 0.943 bits per heavy atom. The molecule has 1 aliphatic rings. The molecule has 1 aliphatic heterocycles. The predicted octanol–water partition coefficient (Wildman–Crippen LogP) is 4.95. The lowest BCUT2D eigenvalue weighted by Crippen LogP contribution is -2.62. The Morgan fingerprint density at radius 3 is 2.37 bits per heavy atom. The maximum absolute atomic E-state index is 14.4. The molecule has 5 rings (SSSR count). The third-order valence-electron chi connectivity index (χ3n) is 6.61. The number of hydrogen-bond donors (Lipinski definition) is 2. The lowest BCUT2D eigenvalue weighted by molar-refractivity contribution is -0.131. The van der Waals surface area contributed by atoms with Crippen molar-refractivity contribution >= 4 is 11.9 Å². The normalized spacial score (nSPS) is 20.0. The lowest BCUT2D eigenvalue weighted by atomic mass is 9.73. The zero-order valence-corrected chi connectivity index (χ0v) is 19.4. The first-order valence-electron chi connectivity index (χ1n) is 11.3. The van der Waals surface area contributed by atoms with Gasteiger partial charge in [0.25, 0.3) is 0 Å². The van der Waals surface area contributed by atoms with Crippen molar-refractivity contribution in [2.75, 3.05) is 7.05 Å². The minimum atomic E-state index is -0.967. The molecule has 7 heteroatoms. The van der Waals surface area contributed by atoms with Gasteiger partial charge in [-0.3, -0.25) is 20.1 Å². The van der Waals surface area contributed by atoms with E-state index in [4.69, 9.17) is 5.41 Å². The van der Waals surface area contributed by atoms with Gasteiger partial charge in [0.05, 0.1) is 22.7 Å². The molecule has 3 heterocycles. The molecule has 1 unspecified atom stereocenters. The Balaban J connectivity index is 1.60. The molecule has 6 nitrogen and oxygen atoms in total. The number of guanidine groups is 1. The van der Waals surface area contributed by atoms with Gasteiger partial charge in [0, 0.05) is 19.4 Å². The molecular weight excluding hydrogens is 441 g/mol. The number of pyridine rings is 2. The van der Waals surface area contributed by atoms with Crippen molar-refractivity contribution in [3.63, 3.8) is 0 Å². The molecule has 1 amide bonds. The molecule has 0 aliphatic carbocycles. The van der Waals surface area contributed by atoms with E-state index in [2.05, 4.69) is 15.3 Å². The van der Waals surface area contributed by atoms with E-state index in [0.717, 1.165) is 16.7 Å². The number of aromatic nitrogens is 2. The maximum Gasteiger partial charge on any atom is 0.239 e. The molecule has 1 saturated heterocycles. The molecule has 0 radical (unpaired) electrons. The minimum Gasteiger partial charge on any atom is -0.346 e. The Kier molecular flexibility index (Phi) is 5.61. The number of nitrogens with one attached hydrogen (secondary N) is 2. The second-order valence-electron chi connectivity index (χ2n) is 8.77. The van der Waals surface area contributed by atoms with Crippen molar-refractivity contribution in [2.45, 2.75) is 18.4 Å². The number of carbonyl (C=O) groups excluding carboxylic acids is 1. The van der Waals surface area contributed by atoms with E-state index >= 15 is 0 Å². The zero-order valence-electron chi connectivity index (χ0n) is 19.4. The highest BCUT2D eigenvalue weighted by Gasteiger charge is 2.48. The summed E-state index contributed by atoms with van der Waals surface area (Å²) < 4.78 is 14.4. The number of halogens is 1. The van der Waals surface area contributed by atoms with Gasteiger partial charge in [-0.1, -0.05) is 54.6 Å². The molecule has 0 saturated carbocycles. The standard InChI is InChI=1S/C28H24FN5O/c1-28(21-14-16-31-23(17-21)22-9-6-15-32-25(22)29)24(26(35)34(2)27(30)33-28)20-12-10-19(11-13-20)18-7-4-3-5-8-18/h3-17,24H,1-2H3,(H2,30,33)/t24?,28-/m1/s1. The van der Waals surface area contributed by atoms with Crippen LogP contribution >= 0.6 is 0 Å². The summed E-state index contributed by atoms with van der Waals surface area (Å²) >= 11 is 0. The molecule has 174 valence electrons. The van der Waals surface area contributed by atoms with Crippen LogP contribution in [0.15, 0.2) is 91.3 Å². The molecule has 2 aromatic heterocycles. The Bertz CT molecular complexity index is 1410. The number of rotatable bonds is 4. The van der Waals surface area contributed by atoms with Crippen LogP contribution in [0.2, 0.25) is 0 Å². The maximum atomic E-state index is 14.4. The van der Waals surface area contributed by atoms with Crippen molar-refractivity contribution < 1.29 is 9.18 Å². The number of hydrogen-bond acceptors (Lipinski definition) is 4. The smallest absolute Gasteiger partial charge is 0.239 e. The van der Waals surface area contributed by atoms with Crippen LogP contribution in [-0.4, -0.2) is 33.8 Å². The van der Waals surface area contributed by atoms with Crippen LogP contribution in [-0.2, 0) is 10.3 Å². The van der Waals surface area contributed by atoms with Crippen LogP contribution in [0.1, 0.15) is 24.0 Å². The van der Waals surface area contributed by atoms with Gasteiger partial charge in [0.15, 0.2) is 5.96 Å². The summed E-state index contributed by atoms with van der Waals surface area (Å²) in [6.07, 6.45) is 2.98. The second-order valence-corrected chi connectivity index (χ2v) is 8.77. The average molecular weight is 466 g/mol. The van der Waals surface area contributed by atoms with E-state index in [-0.39, 0.29) is 17.4 Å². The number of carbonyl (C=O) groups is 1. The molecule has 0 bridgehead atoms. The van der Waals surface area contributed by atoms with Crippen molar-refractivity contribution in [2.24, 2.45) is 0 Å². The number of amides is 1. The Morgan fingerprint density at radius 2 is 1.66 bits per heavy atom. The third kappa shape index (κ3) is 3.95. The fourth-order valence-corrected chi connectivity index (χ4v) is 4.64. The molecule has 2 atom stereocenters. The van der Waals surface area contributed by atoms with E-state index in [0.29, 0.717) is 11.3 Å². The summed E-state index contributed by atoms with van der Waals surface area (Å²) in [5.74, 6) is -1.44. The van der Waals surface area contributed by atoms with Gasteiger partial charge >= 0.3 is 0 Å². The van der Waals surface area contributed by atoms with Gasteiger partial charge in [-0.25, -0.2) is 4.98 Å². The van der Waals surface area contributed by atoms with Crippen LogP contribution in [0.3, 0.4) is 0 Å². The zero-order chi connectivity index (χ0) is 24.6. The summed E-state index contributed by atoms with van der Waals surface area (Å²) in [5.41, 5.74) is 3.38. The highest BCUT2D eigenvalue weighted by atomic mass is 19.1. The predicted molar refractivity (Wildman–Crippen MR) is 133 cm³/mol. The summed E-state index contributed by atoms with van der Waals surface area (Å²) in [6.45, 7) is 1.89. The first-order chi connectivity index (χ1) is 16.9. The summed E-state index contributed by atoms with van der Waals surface area (Å²) in [4.78, 5) is 22.9. The van der Waals surface area contributed by atoms with Gasteiger partial charge in [0.1, 0.15) is 0 Å². The van der Waals surface area contributed by atoms with E-state index in [1.54, 1.807) is 37.5 Å². The van der Waals surface area contributed by atoms with Crippen LogP contribution in [0.4, 0.5) is 4.39 Å². The SMILES string of the molecule is CN1C(=N)N[C@](C)(c2ccnc(-c3cccnc3F)c2)C(c2ccc(-c3ccccc3)cc2)C1=O. The van der Waals surface area contributed by atoms with E-state index in [1.165, 1.54) is 11.1 Å². The first kappa shape index (κ1) is 22.4. The molecule has 4 aromatic rings. The van der Waals surface area contributed by atoms with Gasteiger partial charge in [-0.15, -0.1) is 0 Å². The van der Waals surface area contributed by atoms with Crippen molar-refractivity contribution in [1.82, 2.24) is 20.2 Å². The van der Waals surface area contributed by atoms with Gasteiger partial charge in [0.2, 0.25) is 11.9 Å². The fourth-order valence-electron chi connectivity index (χ4n) is 4.64. The number of benzene rings is 2. The van der Waals surface area contributed by atoms with Gasteiger partial charge in [-0.05, 0) is 53.4 Å². The number of likely N-dealkylation sites (N-methyl/N-ethyl adjacent to an activating group) is 1. The highest BCUT2D eigenvalue weighted by Crippen LogP contribution is 2.42. The highest BCUT2D eigenvalue weighted by molar-refractivity contribution is 6.02. The summed E-state index contributed by atoms with van der Waals surface area (Å²) in [7, 11) is 1.59. The van der Waals surface area contributed by atoms with Crippen molar-refractivity contribution in [3.8, 4) is 22.4 Å². The summed E-state index contributed by atoms with van der Waals surface area (Å²) in [5, 5.41) is 11.6. The Labute approximate surface area is 203 Å². The van der Waals surface area contributed by atoms with E-state index in [9.17, 15) is 9.18 Å². The molecule has 2 aromatic carbocycles. The van der Waals surface area contributed by atoms with Crippen molar-refractivity contribution in [3.05, 3.63) is 108 Å². The van der Waals surface area contributed by atoms with Crippen LogP contribution < -0.4 is 5.32 Å².